The molecule has 0 atom stereocenters. The molecule has 1 heterocycles. The molecule has 3 rings (SSSR count). The van der Waals surface area contributed by atoms with Gasteiger partial charge >= 0.3 is 0 Å². The predicted octanol–water partition coefficient (Wildman–Crippen LogP) is 4.30. The molecular formula is C21H19FN4O. The molecule has 0 saturated carbocycles. The van der Waals surface area contributed by atoms with Crippen molar-refractivity contribution in [2.24, 2.45) is 0 Å². The third-order valence-electron chi connectivity index (χ3n) is 4.30. The lowest BCUT2D eigenvalue weighted by Crippen LogP contribution is -2.07. The van der Waals surface area contributed by atoms with E-state index in [9.17, 15) is 9.65 Å². The minimum atomic E-state index is -0.277. The SMILES string of the molecule is Cc1nnc(NCc2ccc(OCc3ccccc3F)cc2)c(C#N)c1C. The molecule has 3 aromatic rings. The molecule has 5 nitrogen and oxygen atoms in total. The van der Waals surface area contributed by atoms with E-state index in [1.54, 1.807) is 18.2 Å². The Morgan fingerprint density at radius 2 is 1.81 bits per heavy atom. The second-order valence-electron chi connectivity index (χ2n) is 6.12. The van der Waals surface area contributed by atoms with E-state index in [1.165, 1.54) is 6.07 Å². The van der Waals surface area contributed by atoms with Crippen molar-refractivity contribution in [1.82, 2.24) is 10.2 Å². The van der Waals surface area contributed by atoms with Crippen molar-refractivity contribution in [3.63, 3.8) is 0 Å². The minimum absolute atomic E-state index is 0.175. The lowest BCUT2D eigenvalue weighted by Gasteiger charge is -2.11. The average Bonchev–Trinajstić information content (AvgIpc) is 2.69. The number of aryl methyl sites for hydroxylation is 1. The van der Waals surface area contributed by atoms with Crippen LogP contribution in [0.4, 0.5) is 10.2 Å². The summed E-state index contributed by atoms with van der Waals surface area (Å²) in [4.78, 5) is 0. The number of halogens is 1. The zero-order chi connectivity index (χ0) is 19.2. The first-order valence-electron chi connectivity index (χ1n) is 8.51. The molecule has 0 saturated heterocycles. The maximum absolute atomic E-state index is 13.6. The highest BCUT2D eigenvalue weighted by atomic mass is 19.1. The molecule has 1 aromatic heterocycles. The van der Waals surface area contributed by atoms with E-state index < -0.39 is 0 Å². The first kappa shape index (κ1) is 18.3. The van der Waals surface area contributed by atoms with Gasteiger partial charge in [-0.3, -0.25) is 0 Å². The molecule has 0 aliphatic rings. The predicted molar refractivity (Wildman–Crippen MR) is 101 cm³/mol. The van der Waals surface area contributed by atoms with Crippen molar-refractivity contribution in [3.8, 4) is 11.8 Å². The molecule has 27 heavy (non-hydrogen) atoms. The second-order valence-corrected chi connectivity index (χ2v) is 6.12. The van der Waals surface area contributed by atoms with E-state index in [1.807, 2.05) is 38.1 Å². The fraction of sp³-hybridized carbons (Fsp3) is 0.190. The largest absolute Gasteiger partial charge is 0.489 e. The number of hydrogen-bond acceptors (Lipinski definition) is 5. The van der Waals surface area contributed by atoms with Gasteiger partial charge in [-0.05, 0) is 43.2 Å². The Hall–Kier alpha value is -3.46. The summed E-state index contributed by atoms with van der Waals surface area (Å²) in [7, 11) is 0. The van der Waals surface area contributed by atoms with E-state index >= 15 is 0 Å². The summed E-state index contributed by atoms with van der Waals surface area (Å²) in [6.07, 6.45) is 0. The molecule has 1 N–H and O–H groups in total. The van der Waals surface area contributed by atoms with E-state index in [-0.39, 0.29) is 12.4 Å². The van der Waals surface area contributed by atoms with Crippen LogP contribution in [0.2, 0.25) is 0 Å². The number of nitriles is 1. The fourth-order valence-corrected chi connectivity index (χ4v) is 2.53. The Kier molecular flexibility index (Phi) is 5.62. The number of hydrogen-bond donors (Lipinski definition) is 1. The number of aromatic nitrogens is 2. The first-order valence-corrected chi connectivity index (χ1v) is 8.51. The average molecular weight is 362 g/mol. The van der Waals surface area contributed by atoms with Crippen molar-refractivity contribution in [2.75, 3.05) is 5.32 Å². The standard InChI is InChI=1S/C21H19FN4O/c1-14-15(2)25-26-21(19(14)11-23)24-12-16-7-9-18(10-8-16)27-13-17-5-3-4-6-20(17)22/h3-10H,12-13H2,1-2H3,(H,24,26). The van der Waals surface area contributed by atoms with Gasteiger partial charge in [-0.2, -0.15) is 10.4 Å². The van der Waals surface area contributed by atoms with Gasteiger partial charge in [-0.25, -0.2) is 4.39 Å². The number of nitrogens with zero attached hydrogens (tertiary/aromatic N) is 3. The fourth-order valence-electron chi connectivity index (χ4n) is 2.53. The van der Waals surface area contributed by atoms with Gasteiger partial charge in [0, 0.05) is 12.1 Å². The van der Waals surface area contributed by atoms with E-state index in [0.717, 1.165) is 16.8 Å². The maximum atomic E-state index is 13.6. The molecule has 136 valence electrons. The monoisotopic (exact) mass is 362 g/mol. The molecule has 0 amide bonds. The zero-order valence-electron chi connectivity index (χ0n) is 15.2. The van der Waals surface area contributed by atoms with Gasteiger partial charge in [0.1, 0.15) is 29.8 Å². The maximum Gasteiger partial charge on any atom is 0.167 e. The quantitative estimate of drug-likeness (QED) is 0.708. The number of benzene rings is 2. The van der Waals surface area contributed by atoms with Crippen molar-refractivity contribution in [1.29, 1.82) is 5.26 Å². The van der Waals surface area contributed by atoms with Crippen LogP contribution in [0.15, 0.2) is 48.5 Å². The highest BCUT2D eigenvalue weighted by molar-refractivity contribution is 5.56. The number of rotatable bonds is 6. The van der Waals surface area contributed by atoms with Crippen LogP contribution < -0.4 is 10.1 Å². The second kappa shape index (κ2) is 8.28. The lowest BCUT2D eigenvalue weighted by atomic mass is 10.1. The Morgan fingerprint density at radius 1 is 1.07 bits per heavy atom. The first-order chi connectivity index (χ1) is 13.1. The van der Waals surface area contributed by atoms with Crippen LogP contribution in [-0.4, -0.2) is 10.2 Å². The number of nitrogens with one attached hydrogen (secondary N) is 1. The van der Waals surface area contributed by atoms with Crippen LogP contribution >= 0.6 is 0 Å². The molecule has 0 aliphatic heterocycles. The van der Waals surface area contributed by atoms with E-state index in [4.69, 9.17) is 4.74 Å². The van der Waals surface area contributed by atoms with Gasteiger partial charge in [0.2, 0.25) is 0 Å². The van der Waals surface area contributed by atoms with E-state index in [2.05, 4.69) is 21.6 Å². The van der Waals surface area contributed by atoms with Crippen molar-refractivity contribution in [3.05, 3.63) is 82.3 Å². The molecule has 0 fully saturated rings. The van der Waals surface area contributed by atoms with Gasteiger partial charge in [0.25, 0.3) is 0 Å². The number of ether oxygens (including phenoxy) is 1. The molecule has 6 heteroatoms. The minimum Gasteiger partial charge on any atom is -0.489 e. The van der Waals surface area contributed by atoms with Gasteiger partial charge in [0.05, 0.1) is 5.69 Å². The smallest absolute Gasteiger partial charge is 0.167 e. The van der Waals surface area contributed by atoms with Gasteiger partial charge in [0.15, 0.2) is 5.82 Å². The van der Waals surface area contributed by atoms with Crippen molar-refractivity contribution < 1.29 is 9.13 Å². The van der Waals surface area contributed by atoms with Gasteiger partial charge in [-0.1, -0.05) is 30.3 Å². The van der Waals surface area contributed by atoms with Gasteiger partial charge in [-0.15, -0.1) is 5.10 Å². The molecular weight excluding hydrogens is 343 g/mol. The molecule has 0 aliphatic carbocycles. The highest BCUT2D eigenvalue weighted by Gasteiger charge is 2.10. The summed E-state index contributed by atoms with van der Waals surface area (Å²) in [5.41, 5.74) is 3.59. The number of anilines is 1. The van der Waals surface area contributed by atoms with Gasteiger partial charge < -0.3 is 10.1 Å². The van der Waals surface area contributed by atoms with Crippen LogP contribution in [0.5, 0.6) is 5.75 Å². The lowest BCUT2D eigenvalue weighted by molar-refractivity contribution is 0.300. The Morgan fingerprint density at radius 3 is 2.52 bits per heavy atom. The van der Waals surface area contributed by atoms with Crippen LogP contribution in [0.25, 0.3) is 0 Å². The molecule has 0 spiro atoms. The Balaban J connectivity index is 1.61. The van der Waals surface area contributed by atoms with Crippen LogP contribution in [-0.2, 0) is 13.2 Å². The third kappa shape index (κ3) is 4.39. The molecule has 0 unspecified atom stereocenters. The van der Waals surface area contributed by atoms with Crippen LogP contribution in [0, 0.1) is 31.0 Å². The van der Waals surface area contributed by atoms with E-state index in [0.29, 0.717) is 29.2 Å². The summed E-state index contributed by atoms with van der Waals surface area (Å²) in [5.74, 6) is 0.854. The Bertz CT molecular complexity index is 980. The van der Waals surface area contributed by atoms with Crippen molar-refractivity contribution in [2.45, 2.75) is 27.0 Å². The summed E-state index contributed by atoms with van der Waals surface area (Å²) >= 11 is 0. The summed E-state index contributed by atoms with van der Waals surface area (Å²) in [6, 6.07) is 16.2. The molecule has 0 bridgehead atoms. The molecule has 0 radical (unpaired) electrons. The van der Waals surface area contributed by atoms with Crippen LogP contribution in [0.1, 0.15) is 27.9 Å². The summed E-state index contributed by atoms with van der Waals surface area (Å²) in [6.45, 7) is 4.36. The Labute approximate surface area is 157 Å². The van der Waals surface area contributed by atoms with Crippen molar-refractivity contribution >= 4 is 5.82 Å². The topological polar surface area (TPSA) is 70.8 Å². The highest BCUT2D eigenvalue weighted by Crippen LogP contribution is 2.19. The molecule has 2 aromatic carbocycles. The summed E-state index contributed by atoms with van der Waals surface area (Å²) in [5, 5.41) is 20.6. The summed E-state index contributed by atoms with van der Waals surface area (Å²) < 4.78 is 19.2. The zero-order valence-corrected chi connectivity index (χ0v) is 15.2. The normalized spacial score (nSPS) is 10.3. The van der Waals surface area contributed by atoms with Crippen LogP contribution in [0.3, 0.4) is 0 Å². The third-order valence-corrected chi connectivity index (χ3v) is 4.30.